The largest absolute Gasteiger partial charge is 0.465 e. The van der Waals surface area contributed by atoms with Gasteiger partial charge in [-0.25, -0.2) is 4.79 Å². The van der Waals surface area contributed by atoms with E-state index in [0.29, 0.717) is 5.88 Å². The van der Waals surface area contributed by atoms with Gasteiger partial charge in [0.2, 0.25) is 0 Å². The molecule has 0 aliphatic heterocycles. The van der Waals surface area contributed by atoms with Crippen LogP contribution >= 0.6 is 11.6 Å². The minimum Gasteiger partial charge on any atom is -0.465 e. The summed E-state index contributed by atoms with van der Waals surface area (Å²) in [5.74, 6) is 0.473. The third-order valence-electron chi connectivity index (χ3n) is 1.97. The maximum atomic E-state index is 10.4. The van der Waals surface area contributed by atoms with E-state index in [1.807, 2.05) is 24.3 Å². The maximum absolute atomic E-state index is 10.4. The molecule has 1 aromatic carbocycles. The molecule has 0 unspecified atom stereocenters. The van der Waals surface area contributed by atoms with Gasteiger partial charge in [-0.2, -0.15) is 0 Å². The lowest BCUT2D eigenvalue weighted by molar-refractivity contribution is 0.191. The molecule has 0 heterocycles. The molecule has 0 radical (unpaired) electrons. The van der Waals surface area contributed by atoms with E-state index in [4.69, 9.17) is 16.7 Å². The maximum Gasteiger partial charge on any atom is 0.405 e. The molecule has 0 aliphatic carbocycles. The quantitative estimate of drug-likeness (QED) is 0.759. The molecule has 0 aromatic heterocycles. The van der Waals surface area contributed by atoms with Gasteiger partial charge >= 0.3 is 6.09 Å². The predicted molar refractivity (Wildman–Crippen MR) is 55.6 cm³/mol. The third-order valence-corrected chi connectivity index (χ3v) is 2.28. The van der Waals surface area contributed by atoms with Gasteiger partial charge in [0.25, 0.3) is 0 Å². The van der Waals surface area contributed by atoms with Gasteiger partial charge in [0.15, 0.2) is 0 Å². The minimum atomic E-state index is -1.01. The van der Waals surface area contributed by atoms with Crippen LogP contribution < -0.4 is 5.32 Å². The fourth-order valence-electron chi connectivity index (χ4n) is 1.16. The molecular formula is C10H12ClNO2. The Hall–Kier alpha value is -1.22. The van der Waals surface area contributed by atoms with E-state index in [-0.39, 0.29) is 6.04 Å². The topological polar surface area (TPSA) is 49.3 Å². The number of hydrogen-bond donors (Lipinski definition) is 2. The van der Waals surface area contributed by atoms with E-state index >= 15 is 0 Å². The average Bonchev–Trinajstić information content (AvgIpc) is 2.17. The molecule has 0 saturated carbocycles. The summed E-state index contributed by atoms with van der Waals surface area (Å²) in [6, 6.07) is 7.33. The molecule has 4 heteroatoms. The van der Waals surface area contributed by atoms with Crippen LogP contribution in [0.25, 0.3) is 0 Å². The standard InChI is InChI=1S/C10H12ClNO2/c1-7(12-10(13)14)9-4-2-8(6-11)3-5-9/h2-5,7,12H,6H2,1H3,(H,13,14)/t7-/m0/s1. The van der Waals surface area contributed by atoms with Crippen LogP contribution in [0.3, 0.4) is 0 Å². The Kier molecular flexibility index (Phi) is 3.77. The van der Waals surface area contributed by atoms with E-state index in [9.17, 15) is 4.79 Å². The van der Waals surface area contributed by atoms with Crippen molar-refractivity contribution in [3.05, 3.63) is 35.4 Å². The van der Waals surface area contributed by atoms with E-state index in [2.05, 4.69) is 5.32 Å². The Morgan fingerprint density at radius 3 is 2.50 bits per heavy atom. The number of benzene rings is 1. The Morgan fingerprint density at radius 1 is 1.50 bits per heavy atom. The Bertz CT molecular complexity index is 310. The number of amides is 1. The van der Waals surface area contributed by atoms with Gasteiger partial charge in [-0.3, -0.25) is 0 Å². The number of nitrogens with one attached hydrogen (secondary N) is 1. The molecule has 76 valence electrons. The number of rotatable bonds is 3. The van der Waals surface area contributed by atoms with Crippen molar-refractivity contribution < 1.29 is 9.90 Å². The van der Waals surface area contributed by atoms with Crippen molar-refractivity contribution in [3.63, 3.8) is 0 Å². The van der Waals surface area contributed by atoms with Gasteiger partial charge in [0, 0.05) is 5.88 Å². The Morgan fingerprint density at radius 2 is 2.07 bits per heavy atom. The van der Waals surface area contributed by atoms with Gasteiger partial charge in [-0.05, 0) is 18.1 Å². The van der Waals surface area contributed by atoms with Crippen LogP contribution in [0.5, 0.6) is 0 Å². The number of halogens is 1. The summed E-state index contributed by atoms with van der Waals surface area (Å²) < 4.78 is 0. The summed E-state index contributed by atoms with van der Waals surface area (Å²) in [4.78, 5) is 10.4. The third kappa shape index (κ3) is 2.92. The van der Waals surface area contributed by atoms with E-state index < -0.39 is 6.09 Å². The van der Waals surface area contributed by atoms with Crippen molar-refractivity contribution in [1.82, 2.24) is 5.32 Å². The second-order valence-electron chi connectivity index (χ2n) is 3.05. The number of alkyl halides is 1. The first-order valence-electron chi connectivity index (χ1n) is 4.27. The molecule has 0 spiro atoms. The Balaban J connectivity index is 2.71. The molecule has 2 N–H and O–H groups in total. The lowest BCUT2D eigenvalue weighted by Gasteiger charge is -2.11. The predicted octanol–water partition coefficient (Wildman–Crippen LogP) is 2.75. The zero-order valence-corrected chi connectivity index (χ0v) is 8.58. The molecule has 0 fully saturated rings. The SMILES string of the molecule is C[C@H](NC(=O)O)c1ccc(CCl)cc1. The van der Waals surface area contributed by atoms with Crippen molar-refractivity contribution >= 4 is 17.7 Å². The minimum absolute atomic E-state index is 0.197. The van der Waals surface area contributed by atoms with E-state index in [1.165, 1.54) is 0 Å². The van der Waals surface area contributed by atoms with Crippen molar-refractivity contribution in [2.75, 3.05) is 0 Å². The highest BCUT2D eigenvalue weighted by molar-refractivity contribution is 6.17. The van der Waals surface area contributed by atoms with E-state index in [1.54, 1.807) is 6.92 Å². The monoisotopic (exact) mass is 213 g/mol. The second kappa shape index (κ2) is 4.86. The second-order valence-corrected chi connectivity index (χ2v) is 3.31. The highest BCUT2D eigenvalue weighted by atomic mass is 35.5. The number of hydrogen-bond acceptors (Lipinski definition) is 1. The van der Waals surface area contributed by atoms with Gasteiger partial charge in [0.1, 0.15) is 0 Å². The fourth-order valence-corrected chi connectivity index (χ4v) is 1.34. The molecule has 0 bridgehead atoms. The first-order chi connectivity index (χ1) is 6.63. The van der Waals surface area contributed by atoms with Crippen molar-refractivity contribution in [2.24, 2.45) is 0 Å². The lowest BCUT2D eigenvalue weighted by Crippen LogP contribution is -2.24. The first kappa shape index (κ1) is 10.9. The lowest BCUT2D eigenvalue weighted by atomic mass is 10.1. The summed E-state index contributed by atoms with van der Waals surface area (Å²) in [6.07, 6.45) is -1.01. The summed E-state index contributed by atoms with van der Waals surface area (Å²) in [7, 11) is 0. The molecule has 1 aromatic rings. The normalized spacial score (nSPS) is 12.1. The number of carboxylic acid groups (broad SMARTS) is 1. The molecule has 0 aliphatic rings. The van der Waals surface area contributed by atoms with Crippen LogP contribution in [0.1, 0.15) is 24.1 Å². The fraction of sp³-hybridized carbons (Fsp3) is 0.300. The molecule has 3 nitrogen and oxygen atoms in total. The smallest absolute Gasteiger partial charge is 0.405 e. The average molecular weight is 214 g/mol. The van der Waals surface area contributed by atoms with Gasteiger partial charge in [-0.1, -0.05) is 24.3 Å². The summed E-state index contributed by atoms with van der Waals surface area (Å²) in [5.41, 5.74) is 1.96. The molecule has 1 atom stereocenters. The van der Waals surface area contributed by atoms with Crippen LogP contribution in [0, 0.1) is 0 Å². The molecular weight excluding hydrogens is 202 g/mol. The highest BCUT2D eigenvalue weighted by Gasteiger charge is 2.06. The van der Waals surface area contributed by atoms with Crippen LogP contribution in [0.4, 0.5) is 4.79 Å². The molecule has 1 amide bonds. The summed E-state index contributed by atoms with van der Waals surface area (Å²) in [6.45, 7) is 1.80. The van der Waals surface area contributed by atoms with Crippen molar-refractivity contribution in [3.8, 4) is 0 Å². The molecule has 14 heavy (non-hydrogen) atoms. The van der Waals surface area contributed by atoms with Crippen LogP contribution in [-0.4, -0.2) is 11.2 Å². The highest BCUT2D eigenvalue weighted by Crippen LogP contribution is 2.14. The zero-order valence-electron chi connectivity index (χ0n) is 7.83. The van der Waals surface area contributed by atoms with Gasteiger partial charge in [0.05, 0.1) is 6.04 Å². The van der Waals surface area contributed by atoms with Crippen LogP contribution in [0.2, 0.25) is 0 Å². The summed E-state index contributed by atoms with van der Waals surface area (Å²) in [5, 5.41) is 10.9. The van der Waals surface area contributed by atoms with Crippen molar-refractivity contribution in [2.45, 2.75) is 18.8 Å². The Labute approximate surface area is 87.7 Å². The van der Waals surface area contributed by atoms with Gasteiger partial charge in [-0.15, -0.1) is 11.6 Å². The zero-order chi connectivity index (χ0) is 10.6. The van der Waals surface area contributed by atoms with Crippen LogP contribution in [0.15, 0.2) is 24.3 Å². The first-order valence-corrected chi connectivity index (χ1v) is 4.81. The van der Waals surface area contributed by atoms with E-state index in [0.717, 1.165) is 11.1 Å². The van der Waals surface area contributed by atoms with Crippen LogP contribution in [-0.2, 0) is 5.88 Å². The van der Waals surface area contributed by atoms with Gasteiger partial charge < -0.3 is 10.4 Å². The molecule has 0 saturated heterocycles. The van der Waals surface area contributed by atoms with Crippen molar-refractivity contribution in [1.29, 1.82) is 0 Å². The molecule has 1 rings (SSSR count). The number of carbonyl (C=O) groups is 1. The summed E-state index contributed by atoms with van der Waals surface area (Å²) >= 11 is 5.63.